The number of hydrogen-bond acceptors (Lipinski definition) is 3. The summed E-state index contributed by atoms with van der Waals surface area (Å²) in [6, 6.07) is 3.93. The second-order valence-electron chi connectivity index (χ2n) is 2.54. The number of nitrogens with one attached hydrogen (secondary N) is 2. The Balaban J connectivity index is 2.73. The quantitative estimate of drug-likeness (QED) is 0.291. The summed E-state index contributed by atoms with van der Waals surface area (Å²) in [5.41, 5.74) is 1.51. The SMILES string of the molecule is NNC(=O)C(F)(F)Nc1ccccc1. The molecule has 76 valence electrons. The van der Waals surface area contributed by atoms with E-state index >= 15 is 0 Å². The van der Waals surface area contributed by atoms with Crippen molar-refractivity contribution in [3.8, 4) is 0 Å². The number of carbonyl (C=O) groups is 1. The molecule has 0 spiro atoms. The maximum Gasteiger partial charge on any atom is 0.403 e. The van der Waals surface area contributed by atoms with Gasteiger partial charge >= 0.3 is 12.0 Å². The van der Waals surface area contributed by atoms with Crippen LogP contribution in [0.25, 0.3) is 0 Å². The first-order valence-corrected chi connectivity index (χ1v) is 3.78. The van der Waals surface area contributed by atoms with Crippen LogP contribution < -0.4 is 16.6 Å². The molecule has 0 saturated heterocycles. The highest BCUT2D eigenvalue weighted by Crippen LogP contribution is 2.17. The zero-order valence-corrected chi connectivity index (χ0v) is 7.13. The number of anilines is 1. The van der Waals surface area contributed by atoms with Crippen molar-refractivity contribution in [3.05, 3.63) is 30.3 Å². The van der Waals surface area contributed by atoms with E-state index in [1.165, 1.54) is 17.6 Å². The molecule has 0 unspecified atom stereocenters. The number of rotatable bonds is 3. The maximum absolute atomic E-state index is 12.9. The Morgan fingerprint density at radius 3 is 2.36 bits per heavy atom. The molecule has 0 atom stereocenters. The highest BCUT2D eigenvalue weighted by molar-refractivity contribution is 5.85. The molecule has 0 saturated carbocycles. The van der Waals surface area contributed by atoms with Gasteiger partial charge in [0, 0.05) is 5.69 Å². The van der Waals surface area contributed by atoms with Crippen molar-refractivity contribution in [2.24, 2.45) is 5.84 Å². The van der Waals surface area contributed by atoms with Gasteiger partial charge in [-0.05, 0) is 12.1 Å². The molecule has 0 aliphatic rings. The van der Waals surface area contributed by atoms with Gasteiger partial charge in [0.1, 0.15) is 0 Å². The van der Waals surface area contributed by atoms with E-state index in [0.717, 1.165) is 0 Å². The fourth-order valence-electron chi connectivity index (χ4n) is 0.850. The van der Waals surface area contributed by atoms with Crippen LogP contribution in [0.5, 0.6) is 0 Å². The van der Waals surface area contributed by atoms with Crippen molar-refractivity contribution in [1.82, 2.24) is 5.43 Å². The summed E-state index contributed by atoms with van der Waals surface area (Å²) in [5.74, 6) is 3.01. The van der Waals surface area contributed by atoms with Crippen LogP contribution in [0, 0.1) is 0 Å². The van der Waals surface area contributed by atoms with E-state index in [4.69, 9.17) is 0 Å². The third kappa shape index (κ3) is 2.40. The van der Waals surface area contributed by atoms with Crippen molar-refractivity contribution < 1.29 is 13.6 Å². The molecule has 1 amide bonds. The number of alkyl halides is 2. The van der Waals surface area contributed by atoms with Gasteiger partial charge in [0.25, 0.3) is 0 Å². The van der Waals surface area contributed by atoms with Gasteiger partial charge in [-0.3, -0.25) is 10.2 Å². The molecule has 0 heterocycles. The first-order valence-electron chi connectivity index (χ1n) is 3.78. The summed E-state index contributed by atoms with van der Waals surface area (Å²) in [7, 11) is 0. The van der Waals surface area contributed by atoms with Gasteiger partial charge in [-0.2, -0.15) is 8.78 Å². The average Bonchev–Trinajstić information content (AvgIpc) is 2.17. The van der Waals surface area contributed by atoms with Gasteiger partial charge in [-0.1, -0.05) is 18.2 Å². The number of hydrogen-bond donors (Lipinski definition) is 3. The number of halogens is 2. The lowest BCUT2D eigenvalue weighted by Gasteiger charge is -2.16. The minimum atomic E-state index is -3.71. The lowest BCUT2D eigenvalue weighted by Crippen LogP contribution is -2.48. The first-order chi connectivity index (χ1) is 6.56. The Morgan fingerprint density at radius 2 is 1.86 bits per heavy atom. The lowest BCUT2D eigenvalue weighted by atomic mass is 10.3. The summed E-state index contributed by atoms with van der Waals surface area (Å²) in [6.45, 7) is 0. The molecule has 14 heavy (non-hydrogen) atoms. The third-order valence-corrected chi connectivity index (χ3v) is 1.49. The highest BCUT2D eigenvalue weighted by Gasteiger charge is 2.38. The molecular formula is C8H9F2N3O. The van der Waals surface area contributed by atoms with E-state index in [1.807, 2.05) is 0 Å². The molecule has 0 bridgehead atoms. The zero-order valence-electron chi connectivity index (χ0n) is 7.13. The lowest BCUT2D eigenvalue weighted by molar-refractivity contribution is -0.141. The van der Waals surface area contributed by atoms with Crippen molar-refractivity contribution >= 4 is 11.6 Å². The molecule has 0 fully saturated rings. The van der Waals surface area contributed by atoms with Crippen LogP contribution in [0.1, 0.15) is 0 Å². The molecule has 4 N–H and O–H groups in total. The van der Waals surface area contributed by atoms with E-state index in [0.29, 0.717) is 0 Å². The van der Waals surface area contributed by atoms with Crippen molar-refractivity contribution in [2.75, 3.05) is 5.32 Å². The van der Waals surface area contributed by atoms with Crippen LogP contribution in [0.4, 0.5) is 14.5 Å². The summed E-state index contributed by atoms with van der Waals surface area (Å²) < 4.78 is 25.8. The molecule has 0 radical (unpaired) electrons. The Kier molecular flexibility index (Phi) is 2.98. The van der Waals surface area contributed by atoms with Crippen LogP contribution in [-0.2, 0) is 4.79 Å². The molecule has 4 nitrogen and oxygen atoms in total. The first kappa shape index (κ1) is 10.4. The van der Waals surface area contributed by atoms with Crippen molar-refractivity contribution in [1.29, 1.82) is 0 Å². The monoisotopic (exact) mass is 201 g/mol. The normalized spacial score (nSPS) is 10.8. The molecule has 6 heteroatoms. The number of hydrazine groups is 1. The van der Waals surface area contributed by atoms with Crippen LogP contribution in [0.2, 0.25) is 0 Å². The van der Waals surface area contributed by atoms with Crippen LogP contribution in [0.3, 0.4) is 0 Å². The predicted molar refractivity (Wildman–Crippen MR) is 47.3 cm³/mol. The van der Waals surface area contributed by atoms with Gasteiger partial charge < -0.3 is 5.32 Å². The van der Waals surface area contributed by atoms with E-state index in [2.05, 4.69) is 5.84 Å². The minimum absolute atomic E-state index is 0.140. The average molecular weight is 201 g/mol. The predicted octanol–water partition coefficient (Wildman–Crippen LogP) is 0.681. The van der Waals surface area contributed by atoms with Crippen molar-refractivity contribution in [2.45, 2.75) is 6.05 Å². The standard InChI is InChI=1S/C8H9F2N3O/c9-8(10,7(14)13-11)12-6-4-2-1-3-5-6/h1-5,12H,11H2,(H,13,14). The third-order valence-electron chi connectivity index (χ3n) is 1.49. The fourth-order valence-corrected chi connectivity index (χ4v) is 0.850. The Hall–Kier alpha value is -1.69. The molecule has 1 aromatic carbocycles. The second-order valence-corrected chi connectivity index (χ2v) is 2.54. The Bertz CT molecular complexity index is 316. The van der Waals surface area contributed by atoms with E-state index in [1.54, 1.807) is 23.5 Å². The number of benzene rings is 1. The number of para-hydroxylation sites is 1. The second kappa shape index (κ2) is 4.01. The molecular weight excluding hydrogens is 192 g/mol. The molecule has 1 aromatic rings. The van der Waals surface area contributed by atoms with Crippen LogP contribution in [-0.4, -0.2) is 12.0 Å². The molecule has 0 aliphatic carbocycles. The van der Waals surface area contributed by atoms with Gasteiger partial charge in [0.15, 0.2) is 0 Å². The number of nitrogens with two attached hydrogens (primary N) is 1. The highest BCUT2D eigenvalue weighted by atomic mass is 19.3. The van der Waals surface area contributed by atoms with Gasteiger partial charge in [0.2, 0.25) is 0 Å². The Labute approximate surface area is 79.1 Å². The Morgan fingerprint density at radius 1 is 1.29 bits per heavy atom. The molecule has 1 rings (SSSR count). The largest absolute Gasteiger partial charge is 0.403 e. The molecule has 0 aliphatic heterocycles. The van der Waals surface area contributed by atoms with Gasteiger partial charge in [-0.15, -0.1) is 0 Å². The van der Waals surface area contributed by atoms with Crippen LogP contribution in [0.15, 0.2) is 30.3 Å². The smallest absolute Gasteiger partial charge is 0.319 e. The summed E-state index contributed by atoms with van der Waals surface area (Å²) >= 11 is 0. The zero-order chi connectivity index (χ0) is 10.6. The topological polar surface area (TPSA) is 67.1 Å². The van der Waals surface area contributed by atoms with Gasteiger partial charge in [-0.25, -0.2) is 5.84 Å². The van der Waals surface area contributed by atoms with E-state index in [-0.39, 0.29) is 5.69 Å². The number of amides is 1. The summed E-state index contributed by atoms with van der Waals surface area (Å²) in [4.78, 5) is 10.6. The van der Waals surface area contributed by atoms with Gasteiger partial charge in [0.05, 0.1) is 0 Å². The number of carbonyl (C=O) groups excluding carboxylic acids is 1. The van der Waals surface area contributed by atoms with Crippen molar-refractivity contribution in [3.63, 3.8) is 0 Å². The molecule has 0 aromatic heterocycles. The summed E-state index contributed by atoms with van der Waals surface area (Å²) in [5, 5.41) is 1.74. The minimum Gasteiger partial charge on any atom is -0.319 e. The fraction of sp³-hybridized carbons (Fsp3) is 0.125. The van der Waals surface area contributed by atoms with E-state index < -0.39 is 12.0 Å². The van der Waals surface area contributed by atoms with Crippen LogP contribution >= 0.6 is 0 Å². The van der Waals surface area contributed by atoms with E-state index in [9.17, 15) is 13.6 Å². The summed E-state index contributed by atoms with van der Waals surface area (Å²) in [6.07, 6.45) is 0. The maximum atomic E-state index is 12.9.